The van der Waals surface area contributed by atoms with Crippen LogP contribution in [0.15, 0.2) is 59.7 Å². The van der Waals surface area contributed by atoms with Crippen molar-refractivity contribution >= 4 is 12.2 Å². The quantitative estimate of drug-likeness (QED) is 0.436. The average molecular weight is 450 g/mol. The van der Waals surface area contributed by atoms with Crippen LogP contribution in [0.4, 0.5) is 0 Å². The average Bonchev–Trinajstić information content (AvgIpc) is 2.98. The third-order valence-corrected chi connectivity index (χ3v) is 6.11. The molecule has 0 aromatic heterocycles. The molecule has 0 saturated carbocycles. The number of benzene rings is 1. The number of hydrogen-bond donors (Lipinski definition) is 1. The van der Waals surface area contributed by atoms with E-state index in [0.717, 1.165) is 6.42 Å². The van der Waals surface area contributed by atoms with Crippen molar-refractivity contribution in [3.8, 4) is 0 Å². The van der Waals surface area contributed by atoms with E-state index in [1.807, 2.05) is 20.9 Å². The van der Waals surface area contributed by atoms with Crippen molar-refractivity contribution in [2.45, 2.75) is 100.0 Å². The first-order valence-corrected chi connectivity index (χ1v) is 13.0. The highest BCUT2D eigenvalue weighted by molar-refractivity contribution is 5.67. The number of rotatable bonds is 7. The summed E-state index contributed by atoms with van der Waals surface area (Å²) < 4.78 is 0. The summed E-state index contributed by atoms with van der Waals surface area (Å²) >= 11 is 0. The van der Waals surface area contributed by atoms with E-state index < -0.39 is 0 Å². The summed E-state index contributed by atoms with van der Waals surface area (Å²) in [5.41, 5.74) is 8.04. The molecule has 0 heterocycles. The van der Waals surface area contributed by atoms with Crippen molar-refractivity contribution in [3.63, 3.8) is 0 Å². The van der Waals surface area contributed by atoms with E-state index in [1.165, 1.54) is 46.2 Å². The van der Waals surface area contributed by atoms with Gasteiger partial charge in [-0.15, -0.1) is 0 Å². The lowest BCUT2D eigenvalue weighted by atomic mass is 9.82. The number of aryl methyl sites for hydroxylation is 1. The molecule has 1 aliphatic rings. The molecule has 0 saturated heterocycles. The van der Waals surface area contributed by atoms with Crippen LogP contribution < -0.4 is 5.32 Å². The number of allylic oxidation sites excluding steroid dienone is 6. The summed E-state index contributed by atoms with van der Waals surface area (Å²) in [6.45, 7) is 21.5. The Morgan fingerprint density at radius 3 is 1.85 bits per heavy atom. The van der Waals surface area contributed by atoms with Gasteiger partial charge in [-0.25, -0.2) is 0 Å². The number of nitrogens with one attached hydrogen (secondary N) is 1. The highest BCUT2D eigenvalue weighted by Gasteiger charge is 2.22. The molecule has 1 aromatic carbocycles. The molecule has 1 aromatic rings. The largest absolute Gasteiger partial charge is 0.308 e. The minimum absolute atomic E-state index is 0.0950. The predicted molar refractivity (Wildman–Crippen MR) is 154 cm³/mol. The van der Waals surface area contributed by atoms with Gasteiger partial charge >= 0.3 is 0 Å². The van der Waals surface area contributed by atoms with Crippen LogP contribution in [0.2, 0.25) is 0 Å². The maximum Gasteiger partial charge on any atom is 0.0525 e. The fourth-order valence-corrected chi connectivity index (χ4v) is 3.80. The lowest BCUT2D eigenvalue weighted by Gasteiger charge is -2.23. The second kappa shape index (κ2) is 16.5. The zero-order chi connectivity index (χ0) is 25.4. The molecule has 1 nitrogen and oxygen atoms in total. The van der Waals surface area contributed by atoms with Gasteiger partial charge in [-0.05, 0) is 81.5 Å². The van der Waals surface area contributed by atoms with E-state index in [9.17, 15) is 0 Å². The molecule has 2 rings (SSSR count). The molecule has 184 valence electrons. The minimum atomic E-state index is -0.0950. The Balaban J connectivity index is 0.00000154. The molecule has 0 spiro atoms. The fraction of sp³-hybridized carbons (Fsp3) is 0.500. The van der Waals surface area contributed by atoms with E-state index in [4.69, 9.17) is 0 Å². The third kappa shape index (κ3) is 9.33. The van der Waals surface area contributed by atoms with Crippen LogP contribution >= 0.6 is 0 Å². The Labute approximate surface area is 206 Å². The normalized spacial score (nSPS) is 18.6. The summed E-state index contributed by atoms with van der Waals surface area (Å²) in [6, 6.07) is 4.72. The maximum absolute atomic E-state index is 3.40. The van der Waals surface area contributed by atoms with Crippen molar-refractivity contribution in [3.05, 3.63) is 82.0 Å². The lowest BCUT2D eigenvalue weighted by molar-refractivity contribution is 0.588. The van der Waals surface area contributed by atoms with E-state index in [2.05, 4.69) is 121 Å². The molecule has 1 heteroatoms. The van der Waals surface area contributed by atoms with Gasteiger partial charge in [0.15, 0.2) is 0 Å². The zero-order valence-electron chi connectivity index (χ0n) is 23.5. The maximum atomic E-state index is 3.40. The van der Waals surface area contributed by atoms with Gasteiger partial charge in [-0.1, -0.05) is 108 Å². The Morgan fingerprint density at radius 2 is 1.39 bits per heavy atom. The molecule has 2 atom stereocenters. The van der Waals surface area contributed by atoms with Gasteiger partial charge in [-0.3, -0.25) is 0 Å². The molecular weight excluding hydrogens is 398 g/mol. The van der Waals surface area contributed by atoms with Gasteiger partial charge in [0, 0.05) is 5.92 Å². The third-order valence-electron chi connectivity index (χ3n) is 6.11. The molecule has 0 amide bonds. The number of unbranched alkanes of at least 4 members (excludes halogenated alkanes) is 1. The van der Waals surface area contributed by atoms with Crippen LogP contribution in [0, 0.1) is 6.92 Å². The monoisotopic (exact) mass is 449 g/mol. The summed E-state index contributed by atoms with van der Waals surface area (Å²) in [5.74, 6) is 0.397. The van der Waals surface area contributed by atoms with Crippen LogP contribution in [0.3, 0.4) is 0 Å². The van der Waals surface area contributed by atoms with Crippen LogP contribution in [-0.2, 0) is 0 Å². The summed E-state index contributed by atoms with van der Waals surface area (Å²) in [4.78, 5) is 0. The van der Waals surface area contributed by atoms with E-state index in [-0.39, 0.29) is 5.54 Å². The van der Waals surface area contributed by atoms with Crippen LogP contribution in [0.1, 0.15) is 110 Å². The van der Waals surface area contributed by atoms with Crippen molar-refractivity contribution in [1.82, 2.24) is 5.32 Å². The summed E-state index contributed by atoms with van der Waals surface area (Å²) in [7, 11) is 2.01. The van der Waals surface area contributed by atoms with Crippen LogP contribution in [-0.4, -0.2) is 12.6 Å². The molecule has 1 N–H and O–H groups in total. The SMILES string of the molecule is C/C=C\c1cc(C)c(C(CC)C2=C(C)C=CC(C)(NC)C=C2)cc1/C=C\C.CC.CCCC. The Hall–Kier alpha value is -2.12. The molecule has 2 unspecified atom stereocenters. The van der Waals surface area contributed by atoms with Gasteiger partial charge in [0.2, 0.25) is 0 Å². The molecular formula is C32H51N. The number of hydrogen-bond acceptors (Lipinski definition) is 1. The van der Waals surface area contributed by atoms with E-state index in [0.29, 0.717) is 5.92 Å². The molecule has 0 aliphatic heterocycles. The van der Waals surface area contributed by atoms with Gasteiger partial charge in [0.25, 0.3) is 0 Å². The number of likely N-dealkylation sites (N-methyl/N-ethyl adjacent to an activating group) is 1. The fourth-order valence-electron chi connectivity index (χ4n) is 3.80. The molecule has 0 bridgehead atoms. The first kappa shape index (κ1) is 30.9. The Bertz CT molecular complexity index is 845. The van der Waals surface area contributed by atoms with Gasteiger partial charge in [-0.2, -0.15) is 0 Å². The minimum Gasteiger partial charge on any atom is -0.308 e. The van der Waals surface area contributed by atoms with E-state index in [1.54, 1.807) is 0 Å². The first-order chi connectivity index (χ1) is 15.8. The summed E-state index contributed by atoms with van der Waals surface area (Å²) in [5, 5.41) is 3.40. The standard InChI is InChI=1S/C26H35N.C4H10.C2H6/c1-8-11-21-17-20(5)25(18-22(21)12-9-2)23(10-3)24-14-16-26(6,27-7)15-13-19(24)4;1-3-4-2;1-2/h8-9,11-18,23,27H,10H2,1-7H3;3-4H2,1-2H3;1-2H3/b11-8-,12-9-;;. The zero-order valence-corrected chi connectivity index (χ0v) is 23.5. The van der Waals surface area contributed by atoms with E-state index >= 15 is 0 Å². The molecule has 1 aliphatic carbocycles. The second-order valence-corrected chi connectivity index (χ2v) is 8.64. The van der Waals surface area contributed by atoms with Crippen molar-refractivity contribution in [2.24, 2.45) is 0 Å². The first-order valence-electron chi connectivity index (χ1n) is 13.0. The van der Waals surface area contributed by atoms with Crippen LogP contribution in [0.5, 0.6) is 0 Å². The van der Waals surface area contributed by atoms with Crippen molar-refractivity contribution in [1.29, 1.82) is 0 Å². The highest BCUT2D eigenvalue weighted by Crippen LogP contribution is 2.36. The van der Waals surface area contributed by atoms with Crippen LogP contribution in [0.25, 0.3) is 12.2 Å². The lowest BCUT2D eigenvalue weighted by Crippen LogP contribution is -2.34. The topological polar surface area (TPSA) is 12.0 Å². The van der Waals surface area contributed by atoms with Gasteiger partial charge in [0.1, 0.15) is 0 Å². The van der Waals surface area contributed by atoms with Gasteiger partial charge < -0.3 is 5.32 Å². The highest BCUT2D eigenvalue weighted by atomic mass is 14.9. The smallest absolute Gasteiger partial charge is 0.0525 e. The Kier molecular flexibility index (Phi) is 15.4. The van der Waals surface area contributed by atoms with Crippen molar-refractivity contribution in [2.75, 3.05) is 7.05 Å². The summed E-state index contributed by atoms with van der Waals surface area (Å²) in [6.07, 6.45) is 21.5. The molecule has 0 fully saturated rings. The molecule has 0 radical (unpaired) electrons. The second-order valence-electron chi connectivity index (χ2n) is 8.64. The van der Waals surface area contributed by atoms with Gasteiger partial charge in [0.05, 0.1) is 5.54 Å². The van der Waals surface area contributed by atoms with Crippen molar-refractivity contribution < 1.29 is 0 Å². The Morgan fingerprint density at radius 1 is 0.879 bits per heavy atom. The predicted octanol–water partition coefficient (Wildman–Crippen LogP) is 9.81. The molecule has 33 heavy (non-hydrogen) atoms.